The van der Waals surface area contributed by atoms with E-state index in [1.54, 1.807) is 0 Å². The Morgan fingerprint density at radius 1 is 1.33 bits per heavy atom. The SMILES string of the molecule is Nc1nc2c(ncn2COCCO)c(=O)[nH]1.O=P([O-])([O-])[O-].[K+].[K+].[K+]. The van der Waals surface area contributed by atoms with Crippen molar-refractivity contribution in [3.8, 4) is 0 Å². The van der Waals surface area contributed by atoms with E-state index in [2.05, 4.69) is 15.0 Å². The van der Waals surface area contributed by atoms with E-state index in [9.17, 15) is 4.79 Å². The molecule has 2 aromatic rings. The summed E-state index contributed by atoms with van der Waals surface area (Å²) in [5.41, 5.74) is 5.60. The van der Waals surface area contributed by atoms with Gasteiger partial charge in [-0.15, -0.1) is 0 Å². The second-order valence-electron chi connectivity index (χ2n) is 3.55. The number of hydrogen-bond acceptors (Lipinski definition) is 10. The van der Waals surface area contributed by atoms with Crippen molar-refractivity contribution < 1.29 is 183 Å². The zero-order valence-electron chi connectivity index (χ0n) is 13.5. The zero-order chi connectivity index (χ0) is 16.0. The number of phosphoric acid groups is 1. The molecule has 0 saturated heterocycles. The molecule has 2 aromatic heterocycles. The van der Waals surface area contributed by atoms with Gasteiger partial charge in [0.1, 0.15) is 6.73 Å². The van der Waals surface area contributed by atoms with Crippen LogP contribution in [0.25, 0.3) is 11.2 Å². The molecule has 4 N–H and O–H groups in total. The van der Waals surface area contributed by atoms with Gasteiger partial charge in [0.25, 0.3) is 5.56 Å². The van der Waals surface area contributed by atoms with Crippen molar-refractivity contribution >= 4 is 24.9 Å². The zero-order valence-corrected chi connectivity index (χ0v) is 23.7. The molecular weight excluding hydrogens is 426 g/mol. The minimum absolute atomic E-state index is 0. The smallest absolute Gasteiger partial charge is 0.822 e. The van der Waals surface area contributed by atoms with Gasteiger partial charge in [0.15, 0.2) is 11.2 Å². The van der Waals surface area contributed by atoms with Crippen molar-refractivity contribution in [1.29, 1.82) is 0 Å². The fraction of sp³-hybridized carbons (Fsp3) is 0.375. The molecule has 0 aliphatic rings. The number of imidazole rings is 1. The number of aromatic amines is 1. The van der Waals surface area contributed by atoms with E-state index >= 15 is 0 Å². The molecule has 0 amide bonds. The van der Waals surface area contributed by atoms with E-state index in [0.29, 0.717) is 5.65 Å². The molecular formula is C8H11K3N5O7P. The number of fused-ring (bicyclic) bond motifs is 1. The second kappa shape index (κ2) is 15.9. The summed E-state index contributed by atoms with van der Waals surface area (Å²) in [5.74, 6) is 0.0291. The summed E-state index contributed by atoms with van der Waals surface area (Å²) in [6, 6.07) is 0. The molecule has 0 unspecified atom stereocenters. The molecule has 24 heavy (non-hydrogen) atoms. The van der Waals surface area contributed by atoms with E-state index in [1.165, 1.54) is 10.9 Å². The third kappa shape index (κ3) is 13.3. The van der Waals surface area contributed by atoms with Gasteiger partial charge in [-0.05, 0) is 0 Å². The van der Waals surface area contributed by atoms with Crippen LogP contribution in [-0.2, 0) is 16.0 Å². The summed E-state index contributed by atoms with van der Waals surface area (Å²) >= 11 is 0. The van der Waals surface area contributed by atoms with Gasteiger partial charge in [0, 0.05) is 0 Å². The van der Waals surface area contributed by atoms with Crippen LogP contribution in [0.5, 0.6) is 0 Å². The monoisotopic (exact) mass is 437 g/mol. The van der Waals surface area contributed by atoms with Crippen LogP contribution in [0.1, 0.15) is 0 Å². The fourth-order valence-electron chi connectivity index (χ4n) is 1.29. The number of nitrogens with one attached hydrogen (secondary N) is 1. The summed E-state index contributed by atoms with van der Waals surface area (Å²) in [7, 11) is -5.39. The van der Waals surface area contributed by atoms with E-state index < -0.39 is 7.82 Å². The maximum Gasteiger partial charge on any atom is 1.00 e. The van der Waals surface area contributed by atoms with Crippen molar-refractivity contribution in [2.24, 2.45) is 0 Å². The Bertz CT molecular complexity index is 697. The Morgan fingerprint density at radius 2 is 1.88 bits per heavy atom. The van der Waals surface area contributed by atoms with Crippen molar-refractivity contribution in [3.63, 3.8) is 0 Å². The predicted octanol–water partition coefficient (Wildman–Crippen LogP) is -13.1. The van der Waals surface area contributed by atoms with Gasteiger partial charge < -0.3 is 34.8 Å². The number of nitrogens with zero attached hydrogens (tertiary/aromatic N) is 3. The molecule has 118 valence electrons. The normalized spacial score (nSPS) is 9.83. The summed E-state index contributed by atoms with van der Waals surface area (Å²) < 4.78 is 15.2. The quantitative estimate of drug-likeness (QED) is 0.234. The van der Waals surface area contributed by atoms with Crippen LogP contribution in [0.3, 0.4) is 0 Å². The summed E-state index contributed by atoms with van der Waals surface area (Å²) in [4.78, 5) is 47.3. The second-order valence-corrected chi connectivity index (χ2v) is 4.44. The molecule has 0 saturated carbocycles. The molecule has 0 aromatic carbocycles. The van der Waals surface area contributed by atoms with Crippen LogP contribution in [0.2, 0.25) is 0 Å². The molecule has 12 nitrogen and oxygen atoms in total. The molecule has 0 fully saturated rings. The van der Waals surface area contributed by atoms with Crippen molar-refractivity contribution in [2.45, 2.75) is 6.73 Å². The van der Waals surface area contributed by atoms with Crippen molar-refractivity contribution in [1.82, 2.24) is 19.5 Å². The molecule has 2 rings (SSSR count). The third-order valence-corrected chi connectivity index (χ3v) is 1.96. The number of anilines is 1. The standard InChI is InChI=1S/C8H11N5O3.3K.H3O4P/c9-8-11-6-5(7(15)12-8)10-3-13(6)4-16-2-1-14;;;;1-5(2,3)4/h3,14H,1-2,4H2,(H3,9,11,12,15);;;;(H3,1,2,3,4)/q;3*+1;/p-3. The predicted molar refractivity (Wildman–Crippen MR) is 63.2 cm³/mol. The van der Waals surface area contributed by atoms with Gasteiger partial charge in [-0.2, -0.15) is 12.8 Å². The average Bonchev–Trinajstić information content (AvgIpc) is 2.71. The minimum atomic E-state index is -5.39. The number of aliphatic hydroxyl groups excluding tert-OH is 1. The number of ether oxygens (including phenoxy) is 1. The third-order valence-electron chi connectivity index (χ3n) is 1.96. The van der Waals surface area contributed by atoms with Crippen LogP contribution in [-0.4, -0.2) is 37.8 Å². The van der Waals surface area contributed by atoms with Crippen LogP contribution in [0.15, 0.2) is 11.1 Å². The Hall–Kier alpha value is 3.09. The number of aromatic nitrogens is 4. The molecule has 0 radical (unpaired) electrons. The first-order valence-corrected chi connectivity index (χ1v) is 6.80. The molecule has 0 bridgehead atoms. The first-order valence-electron chi connectivity index (χ1n) is 5.34. The van der Waals surface area contributed by atoms with E-state index in [-0.39, 0.29) is 191 Å². The Balaban J connectivity index is -0.000000490. The topological polar surface area (TPSA) is 205 Å². The first kappa shape index (κ1) is 31.8. The van der Waals surface area contributed by atoms with Gasteiger partial charge >= 0.3 is 154 Å². The Morgan fingerprint density at radius 3 is 2.38 bits per heavy atom. The molecule has 16 heteroatoms. The fourth-order valence-corrected chi connectivity index (χ4v) is 1.29. The van der Waals surface area contributed by atoms with E-state index in [4.69, 9.17) is 34.8 Å². The molecule has 2 heterocycles. The minimum Gasteiger partial charge on any atom is -0.822 e. The first-order chi connectivity index (χ1) is 9.72. The number of aliphatic hydroxyl groups is 1. The maximum absolute atomic E-state index is 11.4. The Kier molecular flexibility index (Phi) is 21.1. The van der Waals surface area contributed by atoms with Crippen molar-refractivity contribution in [3.05, 3.63) is 16.7 Å². The van der Waals surface area contributed by atoms with Crippen molar-refractivity contribution in [2.75, 3.05) is 18.9 Å². The van der Waals surface area contributed by atoms with Gasteiger partial charge in [-0.1, -0.05) is 0 Å². The van der Waals surface area contributed by atoms with Crippen LogP contribution >= 0.6 is 7.82 Å². The number of nitrogen functional groups attached to an aromatic ring is 1. The van der Waals surface area contributed by atoms with E-state index in [1.807, 2.05) is 0 Å². The van der Waals surface area contributed by atoms with E-state index in [0.717, 1.165) is 0 Å². The molecule has 0 atom stereocenters. The summed E-state index contributed by atoms with van der Waals surface area (Å²) in [5, 5.41) is 8.56. The van der Waals surface area contributed by atoms with Gasteiger partial charge in [-0.3, -0.25) is 14.3 Å². The van der Waals surface area contributed by atoms with Crippen LogP contribution in [0.4, 0.5) is 5.95 Å². The Labute approximate surface area is 263 Å². The van der Waals surface area contributed by atoms with Crippen LogP contribution < -0.4 is 180 Å². The number of rotatable bonds is 4. The number of hydrogen-bond donors (Lipinski definition) is 3. The van der Waals surface area contributed by atoms with Crippen LogP contribution in [0, 0.1) is 0 Å². The maximum atomic E-state index is 11.4. The van der Waals surface area contributed by atoms with Gasteiger partial charge in [-0.25, -0.2) is 4.98 Å². The average molecular weight is 437 g/mol. The molecule has 0 aliphatic carbocycles. The van der Waals surface area contributed by atoms with Gasteiger partial charge in [0.05, 0.1) is 19.5 Å². The van der Waals surface area contributed by atoms with Gasteiger partial charge in [0.2, 0.25) is 5.95 Å². The largest absolute Gasteiger partial charge is 1.00 e. The number of H-pyrrole nitrogens is 1. The summed E-state index contributed by atoms with van der Waals surface area (Å²) in [6.45, 7) is 0.300. The molecule has 0 aliphatic heterocycles. The summed E-state index contributed by atoms with van der Waals surface area (Å²) in [6.07, 6.45) is 1.43. The molecule has 0 spiro atoms. The number of nitrogens with two attached hydrogens (primary N) is 1.